The Morgan fingerprint density at radius 2 is 2.06 bits per heavy atom. The van der Waals surface area contributed by atoms with Crippen LogP contribution in [0.4, 0.5) is 10.5 Å². The molecule has 7 heteroatoms. The van der Waals surface area contributed by atoms with Crippen molar-refractivity contribution in [3.8, 4) is 0 Å². The van der Waals surface area contributed by atoms with Gasteiger partial charge in [0, 0.05) is 25.0 Å². The molecule has 0 spiro atoms. The van der Waals surface area contributed by atoms with Gasteiger partial charge in [-0.05, 0) is 12.1 Å². The van der Waals surface area contributed by atoms with Gasteiger partial charge in [-0.3, -0.25) is 9.78 Å². The predicted octanol–water partition coefficient (Wildman–Crippen LogP) is -0.739. The first-order valence-electron chi connectivity index (χ1n) is 4.62. The molecule has 0 aliphatic carbocycles. The Morgan fingerprint density at radius 3 is 2.69 bits per heavy atom. The van der Waals surface area contributed by atoms with Crippen LogP contribution in [0.1, 0.15) is 10.5 Å². The van der Waals surface area contributed by atoms with Crippen molar-refractivity contribution in [1.82, 2.24) is 10.3 Å². The van der Waals surface area contributed by atoms with Crippen LogP contribution < -0.4 is 22.1 Å². The highest BCUT2D eigenvalue weighted by Crippen LogP contribution is 2.06. The normalized spacial score (nSPS) is 9.50. The molecule has 0 radical (unpaired) electrons. The lowest BCUT2D eigenvalue weighted by molar-refractivity contribution is 0.0995. The summed E-state index contributed by atoms with van der Waals surface area (Å²) in [6.07, 6.45) is 1.48. The topological polar surface area (TPSA) is 123 Å². The average Bonchev–Trinajstić information content (AvgIpc) is 2.24. The zero-order valence-electron chi connectivity index (χ0n) is 8.56. The van der Waals surface area contributed by atoms with Gasteiger partial charge >= 0.3 is 6.03 Å². The second-order valence-corrected chi connectivity index (χ2v) is 3.01. The van der Waals surface area contributed by atoms with E-state index in [4.69, 9.17) is 11.5 Å². The smallest absolute Gasteiger partial charge is 0.312 e. The molecule has 6 N–H and O–H groups in total. The molecule has 0 unspecified atom stereocenters. The van der Waals surface area contributed by atoms with Gasteiger partial charge in [0.2, 0.25) is 0 Å². The number of carbonyl (C=O) groups excluding carboxylic acids is 2. The first-order chi connectivity index (χ1) is 7.59. The van der Waals surface area contributed by atoms with E-state index in [1.807, 2.05) is 0 Å². The summed E-state index contributed by atoms with van der Waals surface area (Å²) in [7, 11) is 0. The zero-order chi connectivity index (χ0) is 12.0. The highest BCUT2D eigenvalue weighted by molar-refractivity contribution is 5.91. The van der Waals surface area contributed by atoms with Crippen LogP contribution in [-0.4, -0.2) is 30.0 Å². The maximum absolute atomic E-state index is 10.8. The van der Waals surface area contributed by atoms with Gasteiger partial charge in [0.25, 0.3) is 5.91 Å². The van der Waals surface area contributed by atoms with E-state index in [-0.39, 0.29) is 5.69 Å². The molecule has 3 amide bonds. The largest absolute Gasteiger partial charge is 0.383 e. The minimum absolute atomic E-state index is 0.188. The third kappa shape index (κ3) is 3.82. The summed E-state index contributed by atoms with van der Waals surface area (Å²) in [6, 6.07) is 2.65. The monoisotopic (exact) mass is 223 g/mol. The molecule has 0 aromatic carbocycles. The summed E-state index contributed by atoms with van der Waals surface area (Å²) < 4.78 is 0. The minimum atomic E-state index is -0.584. The number of anilines is 1. The number of aromatic nitrogens is 1. The molecule has 7 nitrogen and oxygen atoms in total. The van der Waals surface area contributed by atoms with Crippen LogP contribution in [0, 0.1) is 0 Å². The lowest BCUT2D eigenvalue weighted by atomic mass is 10.3. The van der Waals surface area contributed by atoms with E-state index in [1.54, 1.807) is 6.07 Å². The third-order valence-corrected chi connectivity index (χ3v) is 1.77. The maximum Gasteiger partial charge on any atom is 0.312 e. The fourth-order valence-corrected chi connectivity index (χ4v) is 1.07. The summed E-state index contributed by atoms with van der Waals surface area (Å²) in [4.78, 5) is 25.0. The average molecular weight is 223 g/mol. The fourth-order valence-electron chi connectivity index (χ4n) is 1.07. The van der Waals surface area contributed by atoms with Gasteiger partial charge in [-0.1, -0.05) is 0 Å². The van der Waals surface area contributed by atoms with Gasteiger partial charge in [-0.25, -0.2) is 4.79 Å². The summed E-state index contributed by atoms with van der Waals surface area (Å²) in [5.74, 6) is -0.584. The van der Waals surface area contributed by atoms with Crippen LogP contribution >= 0.6 is 0 Å². The van der Waals surface area contributed by atoms with E-state index in [0.29, 0.717) is 18.8 Å². The molecule has 0 atom stereocenters. The Morgan fingerprint density at radius 1 is 1.31 bits per heavy atom. The van der Waals surface area contributed by atoms with Gasteiger partial charge in [-0.15, -0.1) is 0 Å². The van der Waals surface area contributed by atoms with Gasteiger partial charge in [0.1, 0.15) is 5.69 Å². The summed E-state index contributed by atoms with van der Waals surface area (Å²) in [5.41, 5.74) is 10.9. The van der Waals surface area contributed by atoms with Gasteiger partial charge in [-0.2, -0.15) is 0 Å². The molecule has 0 fully saturated rings. The van der Waals surface area contributed by atoms with Crippen molar-refractivity contribution in [3.63, 3.8) is 0 Å². The quantitative estimate of drug-likeness (QED) is 0.491. The van der Waals surface area contributed by atoms with Gasteiger partial charge in [0.05, 0.1) is 0 Å². The van der Waals surface area contributed by atoms with Crippen molar-refractivity contribution in [2.45, 2.75) is 0 Å². The van der Waals surface area contributed by atoms with Crippen molar-refractivity contribution in [2.75, 3.05) is 18.4 Å². The lowest BCUT2D eigenvalue weighted by Crippen LogP contribution is -2.33. The number of nitrogens with two attached hydrogens (primary N) is 2. The first-order valence-corrected chi connectivity index (χ1v) is 4.62. The zero-order valence-corrected chi connectivity index (χ0v) is 8.56. The molecule has 0 saturated carbocycles. The number of rotatable bonds is 5. The third-order valence-electron chi connectivity index (χ3n) is 1.77. The second-order valence-electron chi connectivity index (χ2n) is 3.01. The van der Waals surface area contributed by atoms with E-state index >= 15 is 0 Å². The predicted molar refractivity (Wildman–Crippen MR) is 58.8 cm³/mol. The van der Waals surface area contributed by atoms with E-state index < -0.39 is 11.9 Å². The molecule has 0 bridgehead atoms. The molecule has 1 heterocycles. The lowest BCUT2D eigenvalue weighted by Gasteiger charge is -2.06. The molecular weight excluding hydrogens is 210 g/mol. The molecule has 1 aromatic heterocycles. The summed E-state index contributed by atoms with van der Waals surface area (Å²) in [6.45, 7) is 0.884. The van der Waals surface area contributed by atoms with Crippen molar-refractivity contribution < 1.29 is 9.59 Å². The number of primary amides is 2. The maximum atomic E-state index is 10.8. The number of urea groups is 1. The number of nitrogens with one attached hydrogen (secondary N) is 2. The highest BCUT2D eigenvalue weighted by Gasteiger charge is 2.02. The molecule has 1 rings (SSSR count). The van der Waals surface area contributed by atoms with E-state index in [0.717, 1.165) is 0 Å². The fraction of sp³-hybridized carbons (Fsp3) is 0.222. The standard InChI is InChI=1S/C9H13N5O2/c10-8(15)7-5-6(1-2-13-7)12-3-4-14-9(11)16/h1-2,5H,3-4H2,(H2,10,15)(H,12,13)(H3,11,14,16). The second kappa shape index (κ2) is 5.54. The Labute approximate surface area is 92.2 Å². The van der Waals surface area contributed by atoms with Crippen LogP contribution in [0.25, 0.3) is 0 Å². The Hall–Kier alpha value is -2.31. The van der Waals surface area contributed by atoms with Gasteiger partial charge in [0.15, 0.2) is 0 Å². The van der Waals surface area contributed by atoms with Gasteiger partial charge < -0.3 is 22.1 Å². The minimum Gasteiger partial charge on any atom is -0.383 e. The molecule has 0 aliphatic rings. The summed E-state index contributed by atoms with van der Waals surface area (Å²) in [5, 5.41) is 5.40. The van der Waals surface area contributed by atoms with E-state index in [9.17, 15) is 9.59 Å². The van der Waals surface area contributed by atoms with Crippen LogP contribution in [0.3, 0.4) is 0 Å². The van der Waals surface area contributed by atoms with Crippen LogP contribution in [-0.2, 0) is 0 Å². The van der Waals surface area contributed by atoms with Crippen molar-refractivity contribution in [2.24, 2.45) is 11.5 Å². The summed E-state index contributed by atoms with van der Waals surface area (Å²) >= 11 is 0. The Bertz CT molecular complexity index is 393. The highest BCUT2D eigenvalue weighted by atomic mass is 16.2. The molecule has 86 valence electrons. The number of amides is 3. The number of hydrogen-bond donors (Lipinski definition) is 4. The van der Waals surface area contributed by atoms with Crippen LogP contribution in [0.15, 0.2) is 18.3 Å². The Kier molecular flexibility index (Phi) is 4.07. The van der Waals surface area contributed by atoms with Crippen LogP contribution in [0.2, 0.25) is 0 Å². The van der Waals surface area contributed by atoms with E-state index in [2.05, 4.69) is 15.6 Å². The number of nitrogens with zero attached hydrogens (tertiary/aromatic N) is 1. The molecular formula is C9H13N5O2. The first kappa shape index (κ1) is 11.8. The van der Waals surface area contributed by atoms with Crippen LogP contribution in [0.5, 0.6) is 0 Å². The van der Waals surface area contributed by atoms with Crippen molar-refractivity contribution >= 4 is 17.6 Å². The Balaban J connectivity index is 2.45. The van der Waals surface area contributed by atoms with E-state index in [1.165, 1.54) is 12.3 Å². The number of hydrogen-bond acceptors (Lipinski definition) is 4. The molecule has 16 heavy (non-hydrogen) atoms. The molecule has 1 aromatic rings. The van der Waals surface area contributed by atoms with Crippen molar-refractivity contribution in [3.05, 3.63) is 24.0 Å². The molecule has 0 saturated heterocycles. The molecule has 0 aliphatic heterocycles. The number of pyridine rings is 1. The number of carbonyl (C=O) groups is 2. The SMILES string of the molecule is NC(=O)NCCNc1ccnc(C(N)=O)c1. The van der Waals surface area contributed by atoms with Crippen molar-refractivity contribution in [1.29, 1.82) is 0 Å².